The molecule has 1 heterocycles. The Morgan fingerprint density at radius 2 is 1.36 bits per heavy atom. The number of carbonyl (C=O) groups excluding carboxylic acids is 1. The van der Waals surface area contributed by atoms with Crippen molar-refractivity contribution in [3.8, 4) is 11.3 Å². The predicted octanol–water partition coefficient (Wildman–Crippen LogP) is 6.77. The van der Waals surface area contributed by atoms with Crippen LogP contribution in [0.25, 0.3) is 22.2 Å². The number of carbonyl (C=O) groups is 3. The maximum Gasteiger partial charge on any atom is 0.336 e. The second-order valence-corrected chi connectivity index (χ2v) is 9.80. The Bertz CT molecular complexity index is 1690. The van der Waals surface area contributed by atoms with E-state index in [1.54, 1.807) is 72.8 Å². The third-order valence-electron chi connectivity index (χ3n) is 6.10. The lowest BCUT2D eigenvalue weighted by Gasteiger charge is -2.18. The van der Waals surface area contributed by atoms with E-state index in [1.807, 2.05) is 30.3 Å². The number of carboxylic acid groups (broad SMARTS) is 2. The second-order valence-electron chi connectivity index (χ2n) is 8.65. The lowest BCUT2D eigenvalue weighted by molar-refractivity contribution is -0.115. The normalized spacial score (nSPS) is 11.6. The molecule has 0 radical (unpaired) electrons. The Morgan fingerprint density at radius 3 is 2.08 bits per heavy atom. The molecule has 1 amide bonds. The molecule has 0 bridgehead atoms. The van der Waals surface area contributed by atoms with Gasteiger partial charge in [-0.05, 0) is 42.0 Å². The van der Waals surface area contributed by atoms with E-state index in [-0.39, 0.29) is 17.0 Å². The van der Waals surface area contributed by atoms with Crippen molar-refractivity contribution in [2.75, 3.05) is 5.32 Å². The average Bonchev–Trinajstić information content (AvgIpc) is 2.96. The van der Waals surface area contributed by atoms with Crippen LogP contribution in [0.15, 0.2) is 114 Å². The number of thioether (sulfide) groups is 1. The Kier molecular flexibility index (Phi) is 7.38. The highest BCUT2D eigenvalue weighted by Gasteiger charge is 2.24. The molecule has 7 nitrogen and oxygen atoms in total. The molecule has 5 aromatic rings. The zero-order valence-corrected chi connectivity index (χ0v) is 21.3. The quantitative estimate of drug-likeness (QED) is 0.188. The first kappa shape index (κ1) is 25.7. The number of anilines is 1. The zero-order chi connectivity index (χ0) is 27.4. The number of aromatic nitrogens is 1. The number of nitrogens with one attached hydrogen (secondary N) is 1. The van der Waals surface area contributed by atoms with Crippen LogP contribution in [0.1, 0.15) is 31.5 Å². The van der Waals surface area contributed by atoms with Crippen LogP contribution < -0.4 is 5.32 Å². The molecule has 0 spiro atoms. The van der Waals surface area contributed by atoms with E-state index in [0.29, 0.717) is 32.7 Å². The van der Waals surface area contributed by atoms with Crippen molar-refractivity contribution in [3.05, 3.63) is 126 Å². The van der Waals surface area contributed by atoms with E-state index in [4.69, 9.17) is 0 Å². The summed E-state index contributed by atoms with van der Waals surface area (Å²) in [5, 5.41) is 22.1. The Hall–Kier alpha value is -4.95. The van der Waals surface area contributed by atoms with Crippen LogP contribution >= 0.6 is 11.8 Å². The molecule has 1 aromatic heterocycles. The van der Waals surface area contributed by atoms with Gasteiger partial charge >= 0.3 is 11.9 Å². The molecule has 0 saturated heterocycles. The highest BCUT2D eigenvalue weighted by atomic mass is 32.2. The molecular weight excluding hydrogens is 512 g/mol. The number of benzene rings is 4. The predicted molar refractivity (Wildman–Crippen MR) is 151 cm³/mol. The van der Waals surface area contributed by atoms with Crippen molar-refractivity contribution in [1.82, 2.24) is 4.98 Å². The van der Waals surface area contributed by atoms with Crippen molar-refractivity contribution < 1.29 is 24.6 Å². The lowest BCUT2D eigenvalue weighted by atomic mass is 10.0. The summed E-state index contributed by atoms with van der Waals surface area (Å²) in [4.78, 5) is 42.1. The van der Waals surface area contributed by atoms with E-state index in [1.165, 1.54) is 17.8 Å². The molecule has 0 saturated carbocycles. The summed E-state index contributed by atoms with van der Waals surface area (Å²) in [5.41, 5.74) is 3.35. The number of amides is 1. The topological polar surface area (TPSA) is 117 Å². The van der Waals surface area contributed by atoms with Crippen LogP contribution in [-0.2, 0) is 4.79 Å². The third-order valence-corrected chi connectivity index (χ3v) is 7.43. The fraction of sp³-hybridized carbons (Fsp3) is 0.0323. The van der Waals surface area contributed by atoms with Gasteiger partial charge in [0.2, 0.25) is 5.91 Å². The van der Waals surface area contributed by atoms with Crippen LogP contribution in [0.5, 0.6) is 0 Å². The molecule has 192 valence electrons. The van der Waals surface area contributed by atoms with Crippen molar-refractivity contribution in [1.29, 1.82) is 0 Å². The van der Waals surface area contributed by atoms with Crippen LogP contribution in [0.2, 0.25) is 0 Å². The minimum atomic E-state index is -1.06. The zero-order valence-electron chi connectivity index (χ0n) is 20.4. The standard InChI is InChI=1S/C31H22N2O5S/c34-29(28(20-8-2-1-3-9-20)39-27-13-7-5-11-23(27)30(35)36)32-21-16-14-19(15-17-21)26-18-24(31(37)38)22-10-4-6-12-25(22)33-26/h1-18,28H,(H,32,34)(H,35,36)(H,37,38). The number of rotatable bonds is 8. The number of para-hydroxylation sites is 1. The maximum atomic E-state index is 13.5. The smallest absolute Gasteiger partial charge is 0.336 e. The SMILES string of the molecule is O=C(O)c1ccccc1SC(C(=O)Nc1ccc(-c2cc(C(=O)O)c3ccccc3n2)cc1)c1ccccc1. The van der Waals surface area contributed by atoms with Gasteiger partial charge in [-0.25, -0.2) is 14.6 Å². The molecule has 1 unspecified atom stereocenters. The van der Waals surface area contributed by atoms with Crippen LogP contribution in [0.4, 0.5) is 5.69 Å². The monoisotopic (exact) mass is 534 g/mol. The van der Waals surface area contributed by atoms with Gasteiger partial charge in [-0.3, -0.25) is 4.79 Å². The molecule has 0 fully saturated rings. The summed E-state index contributed by atoms with van der Waals surface area (Å²) >= 11 is 1.17. The van der Waals surface area contributed by atoms with Gasteiger partial charge in [0.15, 0.2) is 0 Å². The second kappa shape index (κ2) is 11.2. The Balaban J connectivity index is 1.42. The van der Waals surface area contributed by atoms with Gasteiger partial charge in [-0.15, -0.1) is 11.8 Å². The van der Waals surface area contributed by atoms with Crippen molar-refractivity contribution in [2.24, 2.45) is 0 Å². The number of hydrogen-bond donors (Lipinski definition) is 3. The van der Waals surface area contributed by atoms with Gasteiger partial charge in [0.25, 0.3) is 0 Å². The van der Waals surface area contributed by atoms with Gasteiger partial charge in [-0.1, -0.05) is 72.8 Å². The summed E-state index contributed by atoms with van der Waals surface area (Å²) in [6.45, 7) is 0. The third kappa shape index (κ3) is 5.66. The molecule has 39 heavy (non-hydrogen) atoms. The lowest BCUT2D eigenvalue weighted by Crippen LogP contribution is -2.19. The van der Waals surface area contributed by atoms with E-state index in [9.17, 15) is 24.6 Å². The number of nitrogens with zero attached hydrogens (tertiary/aromatic N) is 1. The first-order chi connectivity index (χ1) is 18.9. The van der Waals surface area contributed by atoms with Crippen LogP contribution in [0, 0.1) is 0 Å². The summed E-state index contributed by atoms with van der Waals surface area (Å²) in [6, 6.07) is 31.4. The highest BCUT2D eigenvalue weighted by Crippen LogP contribution is 2.38. The maximum absolute atomic E-state index is 13.5. The summed E-state index contributed by atoms with van der Waals surface area (Å²) in [7, 11) is 0. The largest absolute Gasteiger partial charge is 0.478 e. The fourth-order valence-corrected chi connectivity index (χ4v) is 5.36. The first-order valence-corrected chi connectivity index (χ1v) is 12.9. The molecule has 3 N–H and O–H groups in total. The highest BCUT2D eigenvalue weighted by molar-refractivity contribution is 8.00. The van der Waals surface area contributed by atoms with E-state index in [0.717, 1.165) is 5.56 Å². The molecule has 0 aliphatic heterocycles. The molecule has 4 aromatic carbocycles. The van der Waals surface area contributed by atoms with Gasteiger partial charge < -0.3 is 15.5 Å². The minimum absolute atomic E-state index is 0.129. The number of hydrogen-bond acceptors (Lipinski definition) is 5. The Morgan fingerprint density at radius 1 is 0.718 bits per heavy atom. The van der Waals surface area contributed by atoms with Gasteiger partial charge in [0, 0.05) is 21.5 Å². The fourth-order valence-electron chi connectivity index (χ4n) is 4.21. The van der Waals surface area contributed by atoms with Crippen LogP contribution in [0.3, 0.4) is 0 Å². The van der Waals surface area contributed by atoms with E-state index >= 15 is 0 Å². The number of pyridine rings is 1. The molecule has 0 aliphatic carbocycles. The average molecular weight is 535 g/mol. The van der Waals surface area contributed by atoms with Gasteiger partial charge in [0.1, 0.15) is 5.25 Å². The van der Waals surface area contributed by atoms with E-state index in [2.05, 4.69) is 10.3 Å². The number of fused-ring (bicyclic) bond motifs is 1. The molecule has 1 atom stereocenters. The molecule has 5 rings (SSSR count). The Labute approximate surface area is 228 Å². The van der Waals surface area contributed by atoms with Gasteiger partial charge in [-0.2, -0.15) is 0 Å². The van der Waals surface area contributed by atoms with Crippen molar-refractivity contribution in [2.45, 2.75) is 10.1 Å². The van der Waals surface area contributed by atoms with Crippen molar-refractivity contribution in [3.63, 3.8) is 0 Å². The summed E-state index contributed by atoms with van der Waals surface area (Å²) in [5.74, 6) is -2.40. The van der Waals surface area contributed by atoms with Crippen molar-refractivity contribution >= 4 is 46.2 Å². The summed E-state index contributed by atoms with van der Waals surface area (Å²) < 4.78 is 0. The molecular formula is C31H22N2O5S. The number of carboxylic acids is 2. The molecule has 8 heteroatoms. The summed E-state index contributed by atoms with van der Waals surface area (Å²) in [6.07, 6.45) is 0. The minimum Gasteiger partial charge on any atom is -0.478 e. The first-order valence-electron chi connectivity index (χ1n) is 12.0. The van der Waals surface area contributed by atoms with E-state index < -0.39 is 17.2 Å². The van der Waals surface area contributed by atoms with Gasteiger partial charge in [0.05, 0.1) is 22.3 Å². The number of aromatic carboxylic acids is 2. The van der Waals surface area contributed by atoms with Crippen LogP contribution in [-0.4, -0.2) is 33.0 Å². The molecule has 0 aliphatic rings.